The molecule has 0 spiro atoms. The summed E-state index contributed by atoms with van der Waals surface area (Å²) in [5.41, 5.74) is 4.53. The zero-order chi connectivity index (χ0) is 14.2. The highest BCUT2D eigenvalue weighted by molar-refractivity contribution is 6.06. The van der Waals surface area contributed by atoms with Crippen LogP contribution in [0.3, 0.4) is 0 Å². The van der Waals surface area contributed by atoms with E-state index < -0.39 is 5.41 Å². The molecule has 2 unspecified atom stereocenters. The molecule has 2 atom stereocenters. The molecule has 2 saturated heterocycles. The summed E-state index contributed by atoms with van der Waals surface area (Å²) in [5.74, 6) is -0.421. The molecule has 106 valence electrons. The fraction of sp³-hybridized carbons (Fsp3) is 0.750. The van der Waals surface area contributed by atoms with Gasteiger partial charge in [-0.25, -0.2) is 0 Å². The van der Waals surface area contributed by atoms with Crippen LogP contribution >= 0.6 is 0 Å². The molecule has 0 aromatic rings. The van der Waals surface area contributed by atoms with Gasteiger partial charge in [-0.3, -0.25) is 9.59 Å². The van der Waals surface area contributed by atoms with Crippen LogP contribution in [0.2, 0.25) is 0 Å². The van der Waals surface area contributed by atoms with E-state index in [1.165, 1.54) is 0 Å². The zero-order valence-electron chi connectivity index (χ0n) is 11.2. The molecule has 4 N–H and O–H groups in total. The van der Waals surface area contributed by atoms with Crippen LogP contribution in [-0.2, 0) is 9.59 Å². The molecule has 0 bridgehead atoms. The van der Waals surface area contributed by atoms with Gasteiger partial charge in [0.2, 0.25) is 11.8 Å². The topological polar surface area (TPSA) is 108 Å². The lowest BCUT2D eigenvalue weighted by atomic mass is 9.85. The summed E-state index contributed by atoms with van der Waals surface area (Å²) >= 11 is 0. The van der Waals surface area contributed by atoms with E-state index in [9.17, 15) is 9.59 Å². The molecule has 7 heteroatoms. The van der Waals surface area contributed by atoms with Crippen molar-refractivity contribution in [3.63, 3.8) is 0 Å². The number of nitrogens with two attached hydrogens (primary N) is 1. The maximum atomic E-state index is 12.6. The number of fused-ring (bicyclic) bond motifs is 1. The molecule has 0 saturated carbocycles. The van der Waals surface area contributed by atoms with Crippen molar-refractivity contribution >= 4 is 17.6 Å². The van der Waals surface area contributed by atoms with E-state index in [0.717, 1.165) is 12.8 Å². The molecule has 2 heterocycles. The molecule has 2 aliphatic rings. The van der Waals surface area contributed by atoms with Gasteiger partial charge in [0.05, 0.1) is 12.0 Å². The summed E-state index contributed by atoms with van der Waals surface area (Å²) in [6, 6.07) is -0.112. The minimum atomic E-state index is -1.07. The van der Waals surface area contributed by atoms with E-state index >= 15 is 0 Å². The summed E-state index contributed by atoms with van der Waals surface area (Å²) in [6.45, 7) is 4.34. The first-order valence-electron chi connectivity index (χ1n) is 6.46. The van der Waals surface area contributed by atoms with Crippen LogP contribution in [-0.4, -0.2) is 46.9 Å². The highest BCUT2D eigenvalue weighted by Gasteiger charge is 2.46. The first-order valence-corrected chi connectivity index (χ1v) is 6.46. The summed E-state index contributed by atoms with van der Waals surface area (Å²) < 4.78 is 0. The van der Waals surface area contributed by atoms with Crippen molar-refractivity contribution in [3.05, 3.63) is 0 Å². The van der Waals surface area contributed by atoms with Crippen LogP contribution < -0.4 is 11.1 Å². The van der Waals surface area contributed by atoms with E-state index in [1.54, 1.807) is 18.7 Å². The van der Waals surface area contributed by atoms with Gasteiger partial charge >= 0.3 is 0 Å². The van der Waals surface area contributed by atoms with Crippen molar-refractivity contribution in [2.75, 3.05) is 13.1 Å². The number of nitrogens with one attached hydrogen (secondary N) is 1. The summed E-state index contributed by atoms with van der Waals surface area (Å²) in [6.07, 6.45) is 1.61. The molecule has 2 amide bonds. The third-order valence-corrected chi connectivity index (χ3v) is 4.14. The fourth-order valence-corrected chi connectivity index (χ4v) is 2.80. The quantitative estimate of drug-likeness (QED) is 0.271. The zero-order valence-corrected chi connectivity index (χ0v) is 11.2. The van der Waals surface area contributed by atoms with Crippen LogP contribution in [0.15, 0.2) is 5.16 Å². The predicted molar refractivity (Wildman–Crippen MR) is 68.4 cm³/mol. The Morgan fingerprint density at radius 2 is 2.26 bits per heavy atom. The van der Waals surface area contributed by atoms with Gasteiger partial charge in [-0.2, -0.15) is 0 Å². The van der Waals surface area contributed by atoms with Crippen molar-refractivity contribution in [2.45, 2.75) is 32.7 Å². The van der Waals surface area contributed by atoms with Gasteiger partial charge in [0.15, 0.2) is 5.84 Å². The number of hydrogen-bond donors (Lipinski definition) is 3. The molecule has 0 aromatic carbocycles. The highest BCUT2D eigenvalue weighted by atomic mass is 16.4. The van der Waals surface area contributed by atoms with Gasteiger partial charge in [0.25, 0.3) is 0 Å². The molecule has 19 heavy (non-hydrogen) atoms. The Kier molecular flexibility index (Phi) is 3.38. The van der Waals surface area contributed by atoms with Gasteiger partial charge in [-0.15, -0.1) is 0 Å². The molecular weight excluding hydrogens is 248 g/mol. The van der Waals surface area contributed by atoms with Gasteiger partial charge in [0, 0.05) is 13.1 Å². The second kappa shape index (κ2) is 4.71. The molecule has 7 nitrogen and oxygen atoms in total. The lowest BCUT2D eigenvalue weighted by Gasteiger charge is -2.39. The minimum Gasteiger partial charge on any atom is -0.409 e. The molecule has 2 rings (SSSR count). The van der Waals surface area contributed by atoms with Crippen LogP contribution in [0.5, 0.6) is 0 Å². The van der Waals surface area contributed by atoms with Gasteiger partial charge in [-0.05, 0) is 26.7 Å². The number of rotatable bonds is 2. The smallest absolute Gasteiger partial charge is 0.236 e. The predicted octanol–water partition coefficient (Wildman–Crippen LogP) is -0.504. The van der Waals surface area contributed by atoms with Crippen molar-refractivity contribution in [2.24, 2.45) is 22.2 Å². The summed E-state index contributed by atoms with van der Waals surface area (Å²) in [4.78, 5) is 26.0. The van der Waals surface area contributed by atoms with E-state index in [2.05, 4.69) is 10.5 Å². The number of carbonyl (C=O) groups excluding carboxylic acids is 2. The first-order chi connectivity index (χ1) is 8.89. The number of amidine groups is 1. The Morgan fingerprint density at radius 3 is 2.89 bits per heavy atom. The number of piperidine rings is 1. The maximum Gasteiger partial charge on any atom is 0.236 e. The van der Waals surface area contributed by atoms with E-state index in [4.69, 9.17) is 10.9 Å². The largest absolute Gasteiger partial charge is 0.409 e. The van der Waals surface area contributed by atoms with Crippen LogP contribution in [0.4, 0.5) is 0 Å². The molecule has 2 fully saturated rings. The average Bonchev–Trinajstić information content (AvgIpc) is 2.78. The SMILES string of the molecule is CC(C)(C(=O)N1CCCC2C(=O)NCC21)C(N)=NO. The lowest BCUT2D eigenvalue weighted by molar-refractivity contribution is -0.142. The third-order valence-electron chi connectivity index (χ3n) is 4.14. The van der Waals surface area contributed by atoms with Crippen molar-refractivity contribution < 1.29 is 14.8 Å². The standard InChI is InChI=1S/C12H20N4O3/c1-12(2,10(13)15-19)11(18)16-5-3-4-7-8(16)6-14-9(7)17/h7-8,19H,3-6H2,1-2H3,(H2,13,15)(H,14,17). The number of oxime groups is 1. The minimum absolute atomic E-state index is 0.0177. The van der Waals surface area contributed by atoms with Crippen LogP contribution in [0.25, 0.3) is 0 Å². The van der Waals surface area contributed by atoms with Crippen molar-refractivity contribution in [3.8, 4) is 0 Å². The van der Waals surface area contributed by atoms with Gasteiger partial charge < -0.3 is 21.2 Å². The third kappa shape index (κ3) is 2.13. The molecule has 2 aliphatic heterocycles. The monoisotopic (exact) mass is 268 g/mol. The second-order valence-electron chi connectivity index (χ2n) is 5.67. The number of nitrogens with zero attached hydrogens (tertiary/aromatic N) is 2. The van der Waals surface area contributed by atoms with E-state index in [0.29, 0.717) is 13.1 Å². The Morgan fingerprint density at radius 1 is 1.58 bits per heavy atom. The fourth-order valence-electron chi connectivity index (χ4n) is 2.80. The highest BCUT2D eigenvalue weighted by Crippen LogP contribution is 2.31. The van der Waals surface area contributed by atoms with Crippen LogP contribution in [0.1, 0.15) is 26.7 Å². The number of hydrogen-bond acceptors (Lipinski definition) is 4. The van der Waals surface area contributed by atoms with E-state index in [1.807, 2.05) is 0 Å². The molecular formula is C12H20N4O3. The number of carbonyl (C=O) groups is 2. The van der Waals surface area contributed by atoms with Gasteiger partial charge in [0.1, 0.15) is 5.41 Å². The molecule has 0 aliphatic carbocycles. The average molecular weight is 268 g/mol. The van der Waals surface area contributed by atoms with E-state index in [-0.39, 0.29) is 29.6 Å². The lowest BCUT2D eigenvalue weighted by Crippen LogP contribution is -2.55. The second-order valence-corrected chi connectivity index (χ2v) is 5.67. The Bertz CT molecular complexity index is 433. The van der Waals surface area contributed by atoms with Crippen molar-refractivity contribution in [1.29, 1.82) is 0 Å². The van der Waals surface area contributed by atoms with Gasteiger partial charge in [-0.1, -0.05) is 5.16 Å². The Hall–Kier alpha value is -1.79. The first kappa shape index (κ1) is 13.6. The normalized spacial score (nSPS) is 28.0. The molecule has 0 radical (unpaired) electrons. The molecule has 0 aromatic heterocycles. The van der Waals surface area contributed by atoms with Crippen molar-refractivity contribution in [1.82, 2.24) is 10.2 Å². The Labute approximate surface area is 111 Å². The number of likely N-dealkylation sites (tertiary alicyclic amines) is 1. The Balaban J connectivity index is 2.22. The number of amides is 2. The maximum absolute atomic E-state index is 12.6. The summed E-state index contributed by atoms with van der Waals surface area (Å²) in [7, 11) is 0. The summed E-state index contributed by atoms with van der Waals surface area (Å²) in [5, 5.41) is 14.5. The van der Waals surface area contributed by atoms with Crippen LogP contribution in [0, 0.1) is 11.3 Å².